The number of methoxy groups -OCH3 is 1. The fraction of sp³-hybridized carbons (Fsp3) is 0.500. The monoisotopic (exact) mass is 411 g/mol. The van der Waals surface area contributed by atoms with E-state index in [-0.39, 0.29) is 29.8 Å². The van der Waals surface area contributed by atoms with E-state index in [1.165, 1.54) is 0 Å². The predicted molar refractivity (Wildman–Crippen MR) is 112 cm³/mol. The van der Waals surface area contributed by atoms with Crippen LogP contribution < -0.4 is 4.74 Å². The van der Waals surface area contributed by atoms with Crippen LogP contribution in [0.3, 0.4) is 0 Å². The molecule has 3 amide bonds. The van der Waals surface area contributed by atoms with Gasteiger partial charge in [0, 0.05) is 51.3 Å². The highest BCUT2D eigenvalue weighted by atomic mass is 16.5. The molecule has 0 unspecified atom stereocenters. The molecular weight excluding hydrogens is 382 g/mol. The third-order valence-electron chi connectivity index (χ3n) is 6.27. The first-order valence-electron chi connectivity index (χ1n) is 10.4. The number of carbonyl (C=O) groups excluding carboxylic acids is 2. The lowest BCUT2D eigenvalue weighted by Gasteiger charge is -2.31. The average molecular weight is 412 g/mol. The molecule has 2 fully saturated rings. The summed E-state index contributed by atoms with van der Waals surface area (Å²) in [6.07, 6.45) is 0.812. The zero-order valence-electron chi connectivity index (χ0n) is 18.0. The molecule has 8 nitrogen and oxygen atoms in total. The molecule has 2 aliphatic rings. The van der Waals surface area contributed by atoms with Crippen LogP contribution in [0.15, 0.2) is 30.3 Å². The maximum Gasteiger partial charge on any atom is 0.320 e. The molecule has 2 aromatic rings. The minimum atomic E-state index is -0.0704. The number of ether oxygens (including phenoxy) is 1. The van der Waals surface area contributed by atoms with Gasteiger partial charge in [0.2, 0.25) is 0 Å². The van der Waals surface area contributed by atoms with Crippen molar-refractivity contribution in [1.82, 2.24) is 24.9 Å². The van der Waals surface area contributed by atoms with Crippen molar-refractivity contribution in [1.29, 1.82) is 0 Å². The molecule has 1 aromatic carbocycles. The maximum atomic E-state index is 13.0. The predicted octanol–water partition coefficient (Wildman–Crippen LogP) is 2.41. The van der Waals surface area contributed by atoms with Gasteiger partial charge in [-0.15, -0.1) is 0 Å². The van der Waals surface area contributed by atoms with E-state index in [1.54, 1.807) is 26.1 Å². The lowest BCUT2D eigenvalue weighted by atomic mass is 9.89. The summed E-state index contributed by atoms with van der Waals surface area (Å²) in [5.74, 6) is 1.18. The molecule has 160 valence electrons. The van der Waals surface area contributed by atoms with E-state index < -0.39 is 0 Å². The number of nitrogens with one attached hydrogen (secondary N) is 1. The van der Waals surface area contributed by atoms with Crippen LogP contribution in [-0.2, 0) is 6.42 Å². The highest BCUT2D eigenvalue weighted by Gasteiger charge is 2.50. The zero-order valence-corrected chi connectivity index (χ0v) is 18.0. The molecule has 2 saturated heterocycles. The minimum Gasteiger partial charge on any atom is -0.497 e. The smallest absolute Gasteiger partial charge is 0.320 e. The van der Waals surface area contributed by atoms with Crippen LogP contribution in [-0.4, -0.2) is 77.7 Å². The summed E-state index contributed by atoms with van der Waals surface area (Å²) in [5, 5.41) is 7.11. The van der Waals surface area contributed by atoms with Crippen molar-refractivity contribution in [2.24, 2.45) is 11.8 Å². The number of benzene rings is 1. The maximum absolute atomic E-state index is 13.0. The standard InChI is InChI=1S/C22H29N5O3/c1-5-16-10-19(24-23-16)21(28)26-11-15-12-27(22(29)25(2)3)20(18(15)13-26)14-6-8-17(30-4)9-7-14/h6-10,15,18,20H,5,11-13H2,1-4H3,(H,23,24)/t15-,18-,20+/m1/s1. The number of hydrogen-bond acceptors (Lipinski definition) is 4. The number of H-pyrrole nitrogens is 1. The van der Waals surface area contributed by atoms with Gasteiger partial charge in [-0.3, -0.25) is 9.89 Å². The van der Waals surface area contributed by atoms with E-state index in [4.69, 9.17) is 4.74 Å². The van der Waals surface area contributed by atoms with Crippen molar-refractivity contribution >= 4 is 11.9 Å². The number of nitrogens with zero attached hydrogens (tertiary/aromatic N) is 4. The second-order valence-electron chi connectivity index (χ2n) is 8.31. The van der Waals surface area contributed by atoms with Gasteiger partial charge in [-0.1, -0.05) is 19.1 Å². The van der Waals surface area contributed by atoms with Gasteiger partial charge in [0.25, 0.3) is 5.91 Å². The first kappa shape index (κ1) is 20.3. The van der Waals surface area contributed by atoms with Crippen molar-refractivity contribution in [3.8, 4) is 5.75 Å². The van der Waals surface area contributed by atoms with Crippen LogP contribution in [0.4, 0.5) is 4.79 Å². The van der Waals surface area contributed by atoms with Crippen molar-refractivity contribution in [3.63, 3.8) is 0 Å². The lowest BCUT2D eigenvalue weighted by Crippen LogP contribution is -2.42. The Morgan fingerprint density at radius 2 is 1.93 bits per heavy atom. The van der Waals surface area contributed by atoms with Gasteiger partial charge in [-0.2, -0.15) is 5.10 Å². The third kappa shape index (κ3) is 3.51. The summed E-state index contributed by atoms with van der Waals surface area (Å²) in [5.41, 5.74) is 2.49. The first-order chi connectivity index (χ1) is 14.4. The number of aromatic amines is 1. The van der Waals surface area contributed by atoms with Crippen LogP contribution in [0.1, 0.15) is 34.7 Å². The van der Waals surface area contributed by atoms with Gasteiger partial charge in [0.15, 0.2) is 0 Å². The quantitative estimate of drug-likeness (QED) is 0.838. The Bertz CT molecular complexity index is 923. The highest BCUT2D eigenvalue weighted by Crippen LogP contribution is 2.45. The Hall–Kier alpha value is -3.03. The number of aromatic nitrogens is 2. The molecule has 0 spiro atoms. The molecular formula is C22H29N5O3. The van der Waals surface area contributed by atoms with E-state index in [2.05, 4.69) is 10.2 Å². The Labute approximate surface area is 176 Å². The number of urea groups is 1. The Morgan fingerprint density at radius 1 is 1.20 bits per heavy atom. The molecule has 0 bridgehead atoms. The Kier molecular flexibility index (Phi) is 5.40. The van der Waals surface area contributed by atoms with Crippen molar-refractivity contribution in [2.75, 3.05) is 40.8 Å². The fourth-order valence-corrected chi connectivity index (χ4v) is 4.71. The largest absolute Gasteiger partial charge is 0.497 e. The van der Waals surface area contributed by atoms with Crippen molar-refractivity contribution in [2.45, 2.75) is 19.4 Å². The lowest BCUT2D eigenvalue weighted by molar-refractivity contribution is 0.0760. The van der Waals surface area contributed by atoms with Gasteiger partial charge < -0.3 is 19.4 Å². The van der Waals surface area contributed by atoms with Crippen LogP contribution in [0, 0.1) is 11.8 Å². The van der Waals surface area contributed by atoms with Gasteiger partial charge in [-0.05, 0) is 30.2 Å². The van der Waals surface area contributed by atoms with E-state index in [9.17, 15) is 9.59 Å². The number of fused-ring (bicyclic) bond motifs is 1. The molecule has 0 radical (unpaired) electrons. The van der Waals surface area contributed by atoms with E-state index in [0.717, 1.165) is 23.4 Å². The summed E-state index contributed by atoms with van der Waals surface area (Å²) in [6, 6.07) is 9.66. The molecule has 2 aliphatic heterocycles. The number of amides is 3. The minimum absolute atomic E-state index is 0.00276. The number of carbonyl (C=O) groups is 2. The van der Waals surface area contributed by atoms with E-state index >= 15 is 0 Å². The summed E-state index contributed by atoms with van der Waals surface area (Å²) in [6.45, 7) is 3.92. The van der Waals surface area contributed by atoms with Crippen molar-refractivity contribution in [3.05, 3.63) is 47.3 Å². The molecule has 8 heteroatoms. The molecule has 0 saturated carbocycles. The van der Waals surface area contributed by atoms with Crippen LogP contribution in [0.5, 0.6) is 5.75 Å². The molecule has 1 N–H and O–H groups in total. The molecule has 30 heavy (non-hydrogen) atoms. The number of rotatable bonds is 4. The molecule has 3 atom stereocenters. The molecule has 0 aliphatic carbocycles. The highest BCUT2D eigenvalue weighted by molar-refractivity contribution is 5.92. The fourth-order valence-electron chi connectivity index (χ4n) is 4.71. The second kappa shape index (κ2) is 8.01. The molecule has 4 rings (SSSR count). The summed E-state index contributed by atoms with van der Waals surface area (Å²) in [7, 11) is 5.20. The first-order valence-corrected chi connectivity index (χ1v) is 10.4. The number of aryl methyl sites for hydroxylation is 1. The van der Waals surface area contributed by atoms with Gasteiger partial charge in [-0.25, -0.2) is 4.79 Å². The van der Waals surface area contributed by atoms with E-state index in [0.29, 0.717) is 25.3 Å². The topological polar surface area (TPSA) is 81.8 Å². The third-order valence-corrected chi connectivity index (χ3v) is 6.27. The molecule has 1 aromatic heterocycles. The van der Waals surface area contributed by atoms with Gasteiger partial charge in [0.1, 0.15) is 11.4 Å². The van der Waals surface area contributed by atoms with E-state index in [1.807, 2.05) is 47.1 Å². The Morgan fingerprint density at radius 3 is 2.53 bits per heavy atom. The number of hydrogen-bond donors (Lipinski definition) is 1. The average Bonchev–Trinajstić information content (AvgIpc) is 3.46. The van der Waals surface area contributed by atoms with Crippen LogP contribution >= 0.6 is 0 Å². The van der Waals surface area contributed by atoms with Crippen LogP contribution in [0.2, 0.25) is 0 Å². The summed E-state index contributed by atoms with van der Waals surface area (Å²) >= 11 is 0. The second-order valence-corrected chi connectivity index (χ2v) is 8.31. The Balaban J connectivity index is 1.59. The normalized spacial score (nSPS) is 22.9. The van der Waals surface area contributed by atoms with Gasteiger partial charge >= 0.3 is 6.03 Å². The van der Waals surface area contributed by atoms with Crippen molar-refractivity contribution < 1.29 is 14.3 Å². The molecule has 3 heterocycles. The number of likely N-dealkylation sites (tertiary alicyclic amines) is 2. The zero-order chi connectivity index (χ0) is 21.4. The summed E-state index contributed by atoms with van der Waals surface area (Å²) in [4.78, 5) is 31.3. The van der Waals surface area contributed by atoms with Gasteiger partial charge in [0.05, 0.1) is 13.2 Å². The SMILES string of the molecule is CCc1cc(C(=O)N2C[C@@H]3CN(C(=O)N(C)C)[C@@H](c4ccc(OC)cc4)[C@@H]3C2)n[nH]1. The summed E-state index contributed by atoms with van der Waals surface area (Å²) < 4.78 is 5.29. The van der Waals surface area contributed by atoms with Crippen LogP contribution in [0.25, 0.3) is 0 Å².